The van der Waals surface area contributed by atoms with E-state index in [2.05, 4.69) is 46.9 Å². The normalized spacial score (nSPS) is 13.4. The monoisotopic (exact) mass is 242 g/mol. The third-order valence-electron chi connectivity index (χ3n) is 4.61. The van der Waals surface area contributed by atoms with Gasteiger partial charge in [0, 0.05) is 11.1 Å². The zero-order valence-electron chi connectivity index (χ0n) is 12.9. The second-order valence-corrected chi connectivity index (χ2v) is 5.76. The maximum atomic E-state index is 6.65. The lowest BCUT2D eigenvalue weighted by atomic mass is 9.70. The van der Waals surface area contributed by atoms with Crippen LogP contribution in [0.4, 0.5) is 0 Å². The van der Waals surface area contributed by atoms with E-state index >= 15 is 0 Å². The number of nitrogens with two attached hydrogens (primary N) is 1. The maximum Gasteiger partial charge on any atom is 0.0356 e. The van der Waals surface area contributed by atoms with Crippen molar-refractivity contribution >= 4 is 0 Å². The predicted molar refractivity (Wildman–Crippen MR) is 78.3 cm³/mol. The first kappa shape index (κ1) is 16.9. The summed E-state index contributed by atoms with van der Waals surface area (Å²) in [6, 6.07) is 0. The van der Waals surface area contributed by atoms with Crippen LogP contribution in [0.2, 0.25) is 0 Å². The van der Waals surface area contributed by atoms with E-state index in [1.807, 2.05) is 0 Å². The van der Waals surface area contributed by atoms with Gasteiger partial charge in [0.25, 0.3) is 0 Å². The average molecular weight is 242 g/mol. The fourth-order valence-electron chi connectivity index (χ4n) is 2.91. The third kappa shape index (κ3) is 3.96. The third-order valence-corrected chi connectivity index (χ3v) is 4.61. The summed E-state index contributed by atoms with van der Waals surface area (Å²) in [6.07, 6.45) is 5.53. The highest BCUT2D eigenvalue weighted by molar-refractivity contribution is 5.06. The second-order valence-electron chi connectivity index (χ2n) is 5.76. The number of rotatable bonds is 9. The first-order valence-electron chi connectivity index (χ1n) is 7.45. The number of nitrogens with one attached hydrogen (secondary N) is 1. The topological polar surface area (TPSA) is 38.0 Å². The van der Waals surface area contributed by atoms with Gasteiger partial charge in [0.05, 0.1) is 0 Å². The van der Waals surface area contributed by atoms with Crippen molar-refractivity contribution in [1.29, 1.82) is 0 Å². The maximum absolute atomic E-state index is 6.65. The summed E-state index contributed by atoms with van der Waals surface area (Å²) in [5.41, 5.74) is 6.68. The molecule has 0 saturated carbocycles. The molecule has 0 radical (unpaired) electrons. The van der Waals surface area contributed by atoms with Crippen molar-refractivity contribution in [2.24, 2.45) is 11.7 Å². The smallest absolute Gasteiger partial charge is 0.0356 e. The summed E-state index contributed by atoms with van der Waals surface area (Å²) in [5.74, 6) is 0.754. The number of hydrogen-bond donors (Lipinski definition) is 2. The van der Waals surface area contributed by atoms with Gasteiger partial charge in [-0.2, -0.15) is 0 Å². The van der Waals surface area contributed by atoms with Crippen LogP contribution in [0.3, 0.4) is 0 Å². The van der Waals surface area contributed by atoms with Crippen molar-refractivity contribution in [3.05, 3.63) is 0 Å². The molecule has 0 fully saturated rings. The van der Waals surface area contributed by atoms with Crippen LogP contribution in [0.5, 0.6) is 0 Å². The minimum Gasteiger partial charge on any atom is -0.324 e. The Balaban J connectivity index is 4.76. The fourth-order valence-corrected chi connectivity index (χ4v) is 2.91. The molecule has 0 aliphatic carbocycles. The Bertz CT molecular complexity index is 191. The molecule has 0 rings (SSSR count). The van der Waals surface area contributed by atoms with E-state index in [4.69, 9.17) is 5.73 Å². The fraction of sp³-hybridized carbons (Fsp3) is 1.00. The van der Waals surface area contributed by atoms with Crippen LogP contribution in [-0.2, 0) is 0 Å². The van der Waals surface area contributed by atoms with Gasteiger partial charge in [0.1, 0.15) is 0 Å². The summed E-state index contributed by atoms with van der Waals surface area (Å²) in [7, 11) is 0. The predicted octanol–water partition coefficient (Wildman–Crippen LogP) is 3.70. The SMILES string of the molecule is CCC(N)(CC)C(CC)(CC)NCCC(C)C. The highest BCUT2D eigenvalue weighted by Gasteiger charge is 2.43. The Morgan fingerprint density at radius 2 is 1.41 bits per heavy atom. The molecule has 3 N–H and O–H groups in total. The zero-order chi connectivity index (χ0) is 13.5. The minimum absolute atomic E-state index is 0.0759. The summed E-state index contributed by atoms with van der Waals surface area (Å²) in [4.78, 5) is 0. The molecule has 0 aromatic carbocycles. The first-order valence-corrected chi connectivity index (χ1v) is 7.45. The molecule has 0 spiro atoms. The molecule has 0 aromatic rings. The van der Waals surface area contributed by atoms with Gasteiger partial charge in [-0.25, -0.2) is 0 Å². The Morgan fingerprint density at radius 3 is 1.71 bits per heavy atom. The molecule has 2 heteroatoms. The van der Waals surface area contributed by atoms with Gasteiger partial charge in [-0.05, 0) is 44.6 Å². The van der Waals surface area contributed by atoms with Crippen LogP contribution in [0.25, 0.3) is 0 Å². The van der Waals surface area contributed by atoms with Crippen molar-refractivity contribution in [2.75, 3.05) is 6.54 Å². The quantitative estimate of drug-likeness (QED) is 0.647. The Labute approximate surface area is 109 Å². The van der Waals surface area contributed by atoms with Gasteiger partial charge in [-0.3, -0.25) is 0 Å². The molecule has 0 aromatic heterocycles. The van der Waals surface area contributed by atoms with Crippen molar-refractivity contribution in [1.82, 2.24) is 5.32 Å². The van der Waals surface area contributed by atoms with Crippen molar-refractivity contribution in [3.8, 4) is 0 Å². The van der Waals surface area contributed by atoms with E-state index in [0.717, 1.165) is 38.1 Å². The van der Waals surface area contributed by atoms with Gasteiger partial charge in [-0.15, -0.1) is 0 Å². The Morgan fingerprint density at radius 1 is 0.941 bits per heavy atom. The van der Waals surface area contributed by atoms with Crippen molar-refractivity contribution in [2.45, 2.75) is 84.7 Å². The van der Waals surface area contributed by atoms with E-state index in [-0.39, 0.29) is 11.1 Å². The van der Waals surface area contributed by atoms with Gasteiger partial charge < -0.3 is 11.1 Å². The van der Waals surface area contributed by atoms with E-state index in [9.17, 15) is 0 Å². The highest BCUT2D eigenvalue weighted by atomic mass is 15.0. The lowest BCUT2D eigenvalue weighted by molar-refractivity contribution is 0.139. The lowest BCUT2D eigenvalue weighted by Gasteiger charge is -2.48. The van der Waals surface area contributed by atoms with Crippen LogP contribution in [0.15, 0.2) is 0 Å². The van der Waals surface area contributed by atoms with E-state index in [0.29, 0.717) is 0 Å². The van der Waals surface area contributed by atoms with Gasteiger partial charge in [-0.1, -0.05) is 41.5 Å². The van der Waals surface area contributed by atoms with Crippen molar-refractivity contribution in [3.63, 3.8) is 0 Å². The summed E-state index contributed by atoms with van der Waals surface area (Å²) < 4.78 is 0. The molecule has 0 atom stereocenters. The standard InChI is InChI=1S/C15H34N2/c1-7-14(16,8-2)15(9-3,10-4)17-12-11-13(5)6/h13,17H,7-12,16H2,1-6H3. The molecule has 0 unspecified atom stereocenters. The molecule has 0 amide bonds. The first-order chi connectivity index (χ1) is 7.91. The van der Waals surface area contributed by atoms with E-state index in [1.54, 1.807) is 0 Å². The van der Waals surface area contributed by atoms with E-state index in [1.165, 1.54) is 6.42 Å². The molecule has 2 nitrogen and oxygen atoms in total. The molecular formula is C15H34N2. The summed E-state index contributed by atoms with van der Waals surface area (Å²) >= 11 is 0. The van der Waals surface area contributed by atoms with Crippen LogP contribution >= 0.6 is 0 Å². The molecule has 0 aliphatic rings. The Kier molecular flexibility index (Phi) is 7.34. The minimum atomic E-state index is -0.0759. The molecule has 0 bridgehead atoms. The molecule has 17 heavy (non-hydrogen) atoms. The largest absolute Gasteiger partial charge is 0.324 e. The zero-order valence-corrected chi connectivity index (χ0v) is 12.9. The van der Waals surface area contributed by atoms with E-state index < -0.39 is 0 Å². The molecule has 0 saturated heterocycles. The van der Waals surface area contributed by atoms with Gasteiger partial charge >= 0.3 is 0 Å². The van der Waals surface area contributed by atoms with Crippen LogP contribution < -0.4 is 11.1 Å². The van der Waals surface area contributed by atoms with Gasteiger partial charge in [0.15, 0.2) is 0 Å². The molecule has 104 valence electrons. The number of hydrogen-bond acceptors (Lipinski definition) is 2. The molecular weight excluding hydrogens is 208 g/mol. The highest BCUT2D eigenvalue weighted by Crippen LogP contribution is 2.32. The molecule has 0 aliphatic heterocycles. The van der Waals surface area contributed by atoms with Gasteiger partial charge in [0.2, 0.25) is 0 Å². The molecule has 0 heterocycles. The lowest BCUT2D eigenvalue weighted by Crippen LogP contribution is -2.66. The summed E-state index contributed by atoms with van der Waals surface area (Å²) in [5, 5.41) is 3.78. The Hall–Kier alpha value is -0.0800. The average Bonchev–Trinajstić information content (AvgIpc) is 2.33. The van der Waals surface area contributed by atoms with Crippen molar-refractivity contribution < 1.29 is 0 Å². The summed E-state index contributed by atoms with van der Waals surface area (Å²) in [6.45, 7) is 14.6. The van der Waals surface area contributed by atoms with Crippen LogP contribution in [-0.4, -0.2) is 17.6 Å². The second kappa shape index (κ2) is 7.38. The van der Waals surface area contributed by atoms with Crippen LogP contribution in [0.1, 0.15) is 73.6 Å². The van der Waals surface area contributed by atoms with Crippen LogP contribution in [0, 0.1) is 5.92 Å².